The zero-order valence-electron chi connectivity index (χ0n) is 31.5. The number of carbonyl (C=O) groups is 1. The molecule has 1 saturated heterocycles. The zero-order valence-corrected chi connectivity index (χ0v) is 33.9. The van der Waals surface area contributed by atoms with Crippen molar-refractivity contribution in [3.63, 3.8) is 0 Å². The zero-order chi connectivity index (χ0) is 39.7. The van der Waals surface area contributed by atoms with Crippen LogP contribution in [0, 0.1) is 10.1 Å². The molecule has 6 rings (SSSR count). The molecule has 1 amide bonds. The highest BCUT2D eigenvalue weighted by molar-refractivity contribution is 7.99. The number of halogens is 1. The number of carbonyl (C=O) groups excluding carboxylic acids is 1. The Morgan fingerprint density at radius 1 is 0.982 bits per heavy atom. The topological polar surface area (TPSA) is 137 Å². The molecule has 2 aliphatic heterocycles. The van der Waals surface area contributed by atoms with Crippen LogP contribution in [0.3, 0.4) is 0 Å². The summed E-state index contributed by atoms with van der Waals surface area (Å²) in [5, 5.41) is 16.2. The van der Waals surface area contributed by atoms with Crippen LogP contribution in [0.2, 0.25) is 5.02 Å². The summed E-state index contributed by atoms with van der Waals surface area (Å²) in [5.41, 5.74) is 4.69. The van der Waals surface area contributed by atoms with Crippen LogP contribution in [0.5, 0.6) is 0 Å². The Labute approximate surface area is 338 Å². The molecular weight excluding hydrogens is 772 g/mol. The number of thioether (sulfide) groups is 1. The Balaban J connectivity index is 1.06. The van der Waals surface area contributed by atoms with Gasteiger partial charge in [-0.2, -0.15) is 0 Å². The van der Waals surface area contributed by atoms with E-state index in [1.807, 2.05) is 61.5 Å². The number of hydrogen-bond donors (Lipinski definition) is 2. The molecule has 0 radical (unpaired) electrons. The third-order valence-electron chi connectivity index (χ3n) is 9.86. The number of benzene rings is 4. The predicted molar refractivity (Wildman–Crippen MR) is 224 cm³/mol. The molecule has 0 bridgehead atoms. The van der Waals surface area contributed by atoms with Gasteiger partial charge in [-0.05, 0) is 111 Å². The fraction of sp³-hybridized carbons (Fsp3) is 0.341. The largest absolute Gasteiger partial charge is 0.377 e. The number of nitrogens with one attached hydrogen (secondary N) is 2. The number of amides is 1. The molecule has 0 aliphatic carbocycles. The average molecular weight is 819 g/mol. The van der Waals surface area contributed by atoms with E-state index in [9.17, 15) is 23.3 Å². The SMILES string of the molecule is CN(C)CC[C@H](CSc1ccccc1)Nc1ccc(S(=O)(=O)NC(=O)c2ccc(N3CCN(CC4=C(c5ccc(Cl)cc5)CCOC4)CC3)cc2)cc1[N+](=O)[O-]. The number of piperazine rings is 1. The van der Waals surface area contributed by atoms with Crippen LogP contribution in [-0.4, -0.2) is 107 Å². The Kier molecular flexibility index (Phi) is 14.1. The average Bonchev–Trinajstić information content (AvgIpc) is 3.20. The van der Waals surface area contributed by atoms with Crippen LogP contribution in [0.1, 0.15) is 28.8 Å². The second-order valence-corrected chi connectivity index (χ2v) is 17.3. The normalized spacial score (nSPS) is 15.8. The van der Waals surface area contributed by atoms with E-state index in [1.165, 1.54) is 28.8 Å². The number of rotatable bonds is 16. The van der Waals surface area contributed by atoms with Gasteiger partial charge in [0.25, 0.3) is 21.6 Å². The van der Waals surface area contributed by atoms with Gasteiger partial charge in [0.1, 0.15) is 5.69 Å². The third kappa shape index (κ3) is 11.1. The van der Waals surface area contributed by atoms with E-state index in [0.717, 1.165) is 67.4 Å². The summed E-state index contributed by atoms with van der Waals surface area (Å²) in [7, 11) is -0.509. The highest BCUT2D eigenvalue weighted by Crippen LogP contribution is 2.31. The number of ether oxygens (including phenoxy) is 1. The first kappa shape index (κ1) is 41.2. The van der Waals surface area contributed by atoms with E-state index >= 15 is 0 Å². The van der Waals surface area contributed by atoms with Crippen molar-refractivity contribution in [1.29, 1.82) is 0 Å². The molecule has 1 atom stereocenters. The number of anilines is 2. The van der Waals surface area contributed by atoms with Gasteiger partial charge >= 0.3 is 0 Å². The van der Waals surface area contributed by atoms with Gasteiger partial charge in [-0.3, -0.25) is 19.8 Å². The van der Waals surface area contributed by atoms with Gasteiger partial charge < -0.3 is 19.9 Å². The summed E-state index contributed by atoms with van der Waals surface area (Å²) in [4.78, 5) is 32.1. The number of hydrogen-bond acceptors (Lipinski definition) is 11. The van der Waals surface area contributed by atoms with Crippen LogP contribution in [0.4, 0.5) is 17.1 Å². The first-order valence-corrected chi connectivity index (χ1v) is 21.4. The summed E-state index contributed by atoms with van der Waals surface area (Å²) >= 11 is 7.75. The van der Waals surface area contributed by atoms with Crippen molar-refractivity contribution in [1.82, 2.24) is 14.5 Å². The van der Waals surface area contributed by atoms with E-state index in [0.29, 0.717) is 25.4 Å². The molecule has 4 aromatic carbocycles. The van der Waals surface area contributed by atoms with E-state index in [2.05, 4.69) is 32.0 Å². The summed E-state index contributed by atoms with van der Waals surface area (Å²) in [6.45, 7) is 6.17. The van der Waals surface area contributed by atoms with Crippen molar-refractivity contribution in [3.8, 4) is 0 Å². The van der Waals surface area contributed by atoms with Crippen molar-refractivity contribution in [3.05, 3.63) is 129 Å². The Hall–Kier alpha value is -4.44. The number of nitrogens with zero attached hydrogens (tertiary/aromatic N) is 4. The van der Waals surface area contributed by atoms with E-state index in [1.54, 1.807) is 36.0 Å². The fourth-order valence-electron chi connectivity index (χ4n) is 6.77. The second-order valence-electron chi connectivity index (χ2n) is 14.1. The number of nitro benzene ring substituents is 1. The van der Waals surface area contributed by atoms with Gasteiger partial charge in [0.15, 0.2) is 0 Å². The monoisotopic (exact) mass is 818 g/mol. The lowest BCUT2D eigenvalue weighted by molar-refractivity contribution is -0.384. The van der Waals surface area contributed by atoms with Gasteiger partial charge in [0, 0.05) is 71.8 Å². The maximum atomic E-state index is 13.4. The quantitative estimate of drug-likeness (QED) is 0.0695. The molecule has 12 nitrogen and oxygen atoms in total. The molecule has 4 aromatic rings. The van der Waals surface area contributed by atoms with Crippen LogP contribution >= 0.6 is 23.4 Å². The van der Waals surface area contributed by atoms with Crippen molar-refractivity contribution in [2.75, 3.05) is 82.5 Å². The van der Waals surface area contributed by atoms with Crippen LogP contribution in [0.25, 0.3) is 5.57 Å². The highest BCUT2D eigenvalue weighted by Gasteiger charge is 2.26. The van der Waals surface area contributed by atoms with Crippen molar-refractivity contribution >= 4 is 61.9 Å². The van der Waals surface area contributed by atoms with Gasteiger partial charge in [-0.25, -0.2) is 13.1 Å². The van der Waals surface area contributed by atoms with Crippen molar-refractivity contribution < 1.29 is 22.9 Å². The van der Waals surface area contributed by atoms with E-state index < -0.39 is 26.5 Å². The minimum atomic E-state index is -4.43. The minimum Gasteiger partial charge on any atom is -0.377 e. The maximum Gasteiger partial charge on any atom is 0.293 e. The highest BCUT2D eigenvalue weighted by atomic mass is 35.5. The second kappa shape index (κ2) is 19.1. The molecule has 2 N–H and O–H groups in total. The Morgan fingerprint density at radius 2 is 1.70 bits per heavy atom. The van der Waals surface area contributed by atoms with Crippen molar-refractivity contribution in [2.45, 2.75) is 28.7 Å². The van der Waals surface area contributed by atoms with Crippen LogP contribution < -0.4 is 14.9 Å². The molecule has 296 valence electrons. The van der Waals surface area contributed by atoms with E-state index in [4.69, 9.17) is 16.3 Å². The molecule has 0 spiro atoms. The molecule has 0 aromatic heterocycles. The van der Waals surface area contributed by atoms with Gasteiger partial charge in [0.05, 0.1) is 23.0 Å². The Bertz CT molecular complexity index is 2110. The molecule has 56 heavy (non-hydrogen) atoms. The third-order valence-corrected chi connectivity index (χ3v) is 12.6. The maximum absolute atomic E-state index is 13.4. The molecule has 2 heterocycles. The van der Waals surface area contributed by atoms with Gasteiger partial charge in [0.2, 0.25) is 0 Å². The van der Waals surface area contributed by atoms with Crippen molar-refractivity contribution in [2.24, 2.45) is 0 Å². The fourth-order valence-corrected chi connectivity index (χ4v) is 8.88. The van der Waals surface area contributed by atoms with E-state index in [-0.39, 0.29) is 22.2 Å². The Morgan fingerprint density at radius 3 is 2.38 bits per heavy atom. The summed E-state index contributed by atoms with van der Waals surface area (Å²) in [6.07, 6.45) is 1.57. The molecule has 15 heteroatoms. The number of nitro groups is 1. The molecule has 2 aliphatic rings. The lowest BCUT2D eigenvalue weighted by Gasteiger charge is -2.37. The van der Waals surface area contributed by atoms with Gasteiger partial charge in [-0.1, -0.05) is 41.9 Å². The molecule has 0 unspecified atom stereocenters. The standard InChI is InChI=1S/C41H47ClN6O6S2/c1-45(2)20-18-34(29-55-36-6-4-3-5-7-36)43-39-17-16-37(26-40(39)48(50)51)56(52,53)44-41(49)31-10-14-35(15-11-31)47-23-21-46(22-24-47)27-32-28-54-25-19-38(32)30-8-12-33(42)13-9-30/h3-17,26,34,43H,18-25,27-29H2,1-2H3,(H,44,49)/t34-/m1/s1. The molecule has 1 fully saturated rings. The first-order valence-electron chi connectivity index (χ1n) is 18.5. The smallest absolute Gasteiger partial charge is 0.293 e. The lowest BCUT2D eigenvalue weighted by atomic mass is 9.95. The van der Waals surface area contributed by atoms with Crippen LogP contribution in [0.15, 0.2) is 112 Å². The summed E-state index contributed by atoms with van der Waals surface area (Å²) in [5.74, 6) is -0.187. The molecular formula is C41H47ClN6O6S2. The van der Waals surface area contributed by atoms with Crippen LogP contribution in [-0.2, 0) is 14.8 Å². The molecule has 0 saturated carbocycles. The summed E-state index contributed by atoms with van der Waals surface area (Å²) in [6, 6.07) is 28.2. The lowest BCUT2D eigenvalue weighted by Crippen LogP contribution is -2.47. The van der Waals surface area contributed by atoms with Gasteiger partial charge in [-0.15, -0.1) is 11.8 Å². The summed E-state index contributed by atoms with van der Waals surface area (Å²) < 4.78 is 34.6. The first-order chi connectivity index (χ1) is 26.9. The number of sulfonamides is 1. The predicted octanol–water partition coefficient (Wildman–Crippen LogP) is 6.89. The minimum absolute atomic E-state index is 0.140.